The van der Waals surface area contributed by atoms with Crippen LogP contribution in [0.25, 0.3) is 11.1 Å². The average Bonchev–Trinajstić information content (AvgIpc) is 2.79. The highest BCUT2D eigenvalue weighted by Crippen LogP contribution is 2.26. The lowest BCUT2D eigenvalue weighted by Crippen LogP contribution is -2.47. The first-order valence-corrected chi connectivity index (χ1v) is 9.28. The lowest BCUT2D eigenvalue weighted by molar-refractivity contribution is -0.142. The molecule has 3 aromatic carbocycles. The van der Waals surface area contributed by atoms with Gasteiger partial charge < -0.3 is 9.47 Å². The van der Waals surface area contributed by atoms with Gasteiger partial charge in [-0.3, -0.25) is 4.90 Å². The number of hydrogen-bond acceptors (Lipinski definition) is 4. The molecule has 29 heavy (non-hydrogen) atoms. The van der Waals surface area contributed by atoms with Crippen LogP contribution < -0.4 is 4.90 Å². The van der Waals surface area contributed by atoms with Crippen molar-refractivity contribution in [1.29, 1.82) is 0 Å². The summed E-state index contributed by atoms with van der Waals surface area (Å²) in [6, 6.07) is 26.0. The van der Waals surface area contributed by atoms with Crippen LogP contribution in [0.5, 0.6) is 0 Å². The third kappa shape index (κ3) is 4.82. The van der Waals surface area contributed by atoms with Crippen LogP contribution in [0.15, 0.2) is 84.9 Å². The van der Waals surface area contributed by atoms with Gasteiger partial charge in [-0.1, -0.05) is 72.8 Å². The first-order valence-electron chi connectivity index (χ1n) is 9.28. The molecule has 5 heteroatoms. The largest absolute Gasteiger partial charge is 0.467 e. The summed E-state index contributed by atoms with van der Waals surface area (Å²) in [5.41, 5.74) is 3.55. The minimum absolute atomic E-state index is 0.309. The molecule has 0 aromatic heterocycles. The van der Waals surface area contributed by atoms with Gasteiger partial charge in [0, 0.05) is 12.1 Å². The first-order chi connectivity index (χ1) is 14.1. The van der Waals surface area contributed by atoms with Crippen molar-refractivity contribution in [1.82, 2.24) is 0 Å². The van der Waals surface area contributed by atoms with Crippen molar-refractivity contribution in [2.24, 2.45) is 0 Å². The zero-order valence-electron chi connectivity index (χ0n) is 16.4. The molecule has 148 valence electrons. The summed E-state index contributed by atoms with van der Waals surface area (Å²) in [5.74, 6) is -0.508. The molecule has 0 bridgehead atoms. The Morgan fingerprint density at radius 2 is 1.31 bits per heavy atom. The molecule has 0 aliphatic rings. The molecule has 1 unspecified atom stereocenters. The zero-order valence-corrected chi connectivity index (χ0v) is 16.4. The molecule has 0 fully saturated rings. The molecule has 0 aliphatic carbocycles. The third-order valence-electron chi connectivity index (χ3n) is 4.68. The molecule has 0 radical (unpaired) electrons. The fourth-order valence-corrected chi connectivity index (χ4v) is 3.21. The number of amides is 1. The third-order valence-corrected chi connectivity index (χ3v) is 4.68. The van der Waals surface area contributed by atoms with E-state index in [4.69, 9.17) is 9.47 Å². The van der Waals surface area contributed by atoms with Crippen LogP contribution >= 0.6 is 0 Å². The Labute approximate surface area is 170 Å². The molecule has 5 nitrogen and oxygen atoms in total. The number of hydrogen-bond donors (Lipinski definition) is 0. The number of rotatable bonds is 6. The van der Waals surface area contributed by atoms with E-state index in [0.717, 1.165) is 16.7 Å². The van der Waals surface area contributed by atoms with Gasteiger partial charge in [0.1, 0.15) is 6.04 Å². The van der Waals surface area contributed by atoms with Crippen molar-refractivity contribution >= 4 is 17.7 Å². The number of carbonyl (C=O) groups is 2. The van der Waals surface area contributed by atoms with Gasteiger partial charge in [0.05, 0.1) is 14.2 Å². The van der Waals surface area contributed by atoms with E-state index in [9.17, 15) is 9.59 Å². The van der Waals surface area contributed by atoms with E-state index in [1.807, 2.05) is 72.8 Å². The van der Waals surface area contributed by atoms with Crippen LogP contribution in [0, 0.1) is 0 Å². The second kappa shape index (κ2) is 9.55. The van der Waals surface area contributed by atoms with Crippen molar-refractivity contribution in [3.63, 3.8) is 0 Å². The number of nitrogens with zero attached hydrogens (tertiary/aromatic N) is 1. The van der Waals surface area contributed by atoms with Gasteiger partial charge in [0.2, 0.25) is 0 Å². The summed E-state index contributed by atoms with van der Waals surface area (Å²) >= 11 is 0. The quantitative estimate of drug-likeness (QED) is 0.573. The molecule has 0 saturated heterocycles. The fourth-order valence-electron chi connectivity index (χ4n) is 3.21. The fraction of sp³-hybridized carbons (Fsp3) is 0.167. The maximum Gasteiger partial charge on any atom is 0.414 e. The number of ether oxygens (including phenoxy) is 2. The second-order valence-corrected chi connectivity index (χ2v) is 6.48. The zero-order chi connectivity index (χ0) is 20.6. The normalized spacial score (nSPS) is 11.4. The monoisotopic (exact) mass is 389 g/mol. The van der Waals surface area contributed by atoms with Crippen molar-refractivity contribution in [2.45, 2.75) is 12.5 Å². The van der Waals surface area contributed by atoms with Crippen LogP contribution in [-0.4, -0.2) is 32.3 Å². The predicted molar refractivity (Wildman–Crippen MR) is 113 cm³/mol. The highest BCUT2D eigenvalue weighted by molar-refractivity contribution is 5.96. The SMILES string of the molecule is COC(=O)C(Cc1ccccc1)N(C(=O)OC)c1ccc(-c2ccccc2)cc1. The summed E-state index contributed by atoms with van der Waals surface area (Å²) in [5, 5.41) is 0. The van der Waals surface area contributed by atoms with Crippen molar-refractivity contribution in [3.8, 4) is 11.1 Å². The van der Waals surface area contributed by atoms with Crippen LogP contribution in [0.2, 0.25) is 0 Å². The standard InChI is InChI=1S/C24H23NO4/c1-28-23(26)22(17-18-9-5-3-6-10-18)25(24(27)29-2)21-15-13-20(14-16-21)19-11-7-4-8-12-19/h3-16,22H,17H2,1-2H3. The molecule has 0 N–H and O–H groups in total. The Hall–Kier alpha value is -3.60. The molecule has 3 aromatic rings. The summed E-state index contributed by atoms with van der Waals surface area (Å²) in [6.45, 7) is 0. The van der Waals surface area contributed by atoms with E-state index < -0.39 is 18.1 Å². The Morgan fingerprint density at radius 1 is 0.759 bits per heavy atom. The minimum Gasteiger partial charge on any atom is -0.467 e. The molecule has 0 heterocycles. The molecule has 0 saturated carbocycles. The Bertz CT molecular complexity index is 940. The van der Waals surface area contributed by atoms with Crippen molar-refractivity contribution < 1.29 is 19.1 Å². The minimum atomic E-state index is -0.850. The van der Waals surface area contributed by atoms with E-state index in [2.05, 4.69) is 0 Å². The molecule has 3 rings (SSSR count). The number of benzene rings is 3. The predicted octanol–water partition coefficient (Wildman–Crippen LogP) is 4.71. The first kappa shape index (κ1) is 20.1. The summed E-state index contributed by atoms with van der Waals surface area (Å²) in [4.78, 5) is 26.5. The van der Waals surface area contributed by atoms with Crippen LogP contribution in [0.1, 0.15) is 5.56 Å². The van der Waals surface area contributed by atoms with E-state index in [1.54, 1.807) is 12.1 Å². The van der Waals surface area contributed by atoms with Gasteiger partial charge in [0.15, 0.2) is 0 Å². The van der Waals surface area contributed by atoms with Gasteiger partial charge in [-0.15, -0.1) is 0 Å². The second-order valence-electron chi connectivity index (χ2n) is 6.48. The highest BCUT2D eigenvalue weighted by Gasteiger charge is 2.33. The van der Waals surface area contributed by atoms with Crippen LogP contribution in [-0.2, 0) is 20.7 Å². The van der Waals surface area contributed by atoms with Crippen LogP contribution in [0.3, 0.4) is 0 Å². The average molecular weight is 389 g/mol. The Balaban J connectivity index is 1.96. The van der Waals surface area contributed by atoms with E-state index in [1.165, 1.54) is 19.1 Å². The van der Waals surface area contributed by atoms with Crippen molar-refractivity contribution in [2.75, 3.05) is 19.1 Å². The molecular weight excluding hydrogens is 366 g/mol. The van der Waals surface area contributed by atoms with Gasteiger partial charge >= 0.3 is 12.1 Å². The van der Waals surface area contributed by atoms with Crippen LogP contribution in [0.4, 0.5) is 10.5 Å². The Morgan fingerprint density at radius 3 is 1.86 bits per heavy atom. The van der Waals surface area contributed by atoms with E-state index in [0.29, 0.717) is 12.1 Å². The molecule has 1 atom stereocenters. The van der Waals surface area contributed by atoms with Gasteiger partial charge in [-0.05, 0) is 28.8 Å². The summed E-state index contributed by atoms with van der Waals surface area (Å²) in [6.07, 6.45) is -0.313. The molecule has 0 spiro atoms. The summed E-state index contributed by atoms with van der Waals surface area (Å²) in [7, 11) is 2.61. The number of methoxy groups -OCH3 is 2. The van der Waals surface area contributed by atoms with Gasteiger partial charge in [-0.2, -0.15) is 0 Å². The molecule has 0 aliphatic heterocycles. The van der Waals surface area contributed by atoms with Gasteiger partial charge in [0.25, 0.3) is 0 Å². The lowest BCUT2D eigenvalue weighted by Gasteiger charge is -2.29. The highest BCUT2D eigenvalue weighted by atomic mass is 16.5. The maximum absolute atomic E-state index is 12.6. The van der Waals surface area contributed by atoms with Gasteiger partial charge in [-0.25, -0.2) is 9.59 Å². The number of anilines is 1. The molecule has 1 amide bonds. The van der Waals surface area contributed by atoms with E-state index in [-0.39, 0.29) is 0 Å². The molecular formula is C24H23NO4. The smallest absolute Gasteiger partial charge is 0.414 e. The topological polar surface area (TPSA) is 55.8 Å². The number of esters is 1. The van der Waals surface area contributed by atoms with Crippen molar-refractivity contribution in [3.05, 3.63) is 90.5 Å². The van der Waals surface area contributed by atoms with E-state index >= 15 is 0 Å². The Kier molecular flexibility index (Phi) is 6.63. The maximum atomic E-state index is 12.6. The number of carbonyl (C=O) groups excluding carboxylic acids is 2. The lowest BCUT2D eigenvalue weighted by atomic mass is 10.0. The summed E-state index contributed by atoms with van der Waals surface area (Å²) < 4.78 is 9.96.